The SMILES string of the molecule is c1ccc(-c2nc(-c3cccc4nc(-c5ccccc5)oc34)nc(-n3c4ccccc4c4ccc5c6ccccc6n(-c6cccc7c6ccc6ccccc67)c5c43)n2)cc1. The summed E-state index contributed by atoms with van der Waals surface area (Å²) >= 11 is 0. The summed E-state index contributed by atoms with van der Waals surface area (Å²) in [6.45, 7) is 0. The Morgan fingerprint density at radius 3 is 1.72 bits per heavy atom. The molecule has 0 N–H and O–H groups in total. The molecule has 9 aromatic carbocycles. The van der Waals surface area contributed by atoms with Crippen molar-refractivity contribution < 1.29 is 4.42 Å². The van der Waals surface area contributed by atoms with Gasteiger partial charge >= 0.3 is 0 Å². The molecule has 0 unspecified atom stereocenters. The highest BCUT2D eigenvalue weighted by molar-refractivity contribution is 6.24. The van der Waals surface area contributed by atoms with E-state index in [1.165, 1.54) is 26.9 Å². The molecule has 0 spiro atoms. The van der Waals surface area contributed by atoms with Crippen molar-refractivity contribution in [1.82, 2.24) is 29.1 Å². The molecule has 0 fully saturated rings. The topological polar surface area (TPSA) is 74.6 Å². The lowest BCUT2D eigenvalue weighted by molar-refractivity contribution is 0.620. The molecular formula is C54H32N6O. The normalized spacial score (nSPS) is 11.9. The van der Waals surface area contributed by atoms with Crippen LogP contribution in [-0.4, -0.2) is 29.1 Å². The van der Waals surface area contributed by atoms with Crippen molar-refractivity contribution in [2.24, 2.45) is 0 Å². The predicted octanol–water partition coefficient (Wildman–Crippen LogP) is 13.5. The van der Waals surface area contributed by atoms with Crippen molar-refractivity contribution in [2.45, 2.75) is 0 Å². The lowest BCUT2D eigenvalue weighted by Crippen LogP contribution is -2.07. The van der Waals surface area contributed by atoms with Gasteiger partial charge in [-0.1, -0.05) is 152 Å². The average Bonchev–Trinajstić information content (AvgIpc) is 4.02. The molecule has 4 heterocycles. The number of oxazole rings is 1. The zero-order chi connectivity index (χ0) is 40.0. The van der Waals surface area contributed by atoms with Crippen LogP contribution in [0.5, 0.6) is 0 Å². The molecule has 0 saturated carbocycles. The van der Waals surface area contributed by atoms with Crippen molar-refractivity contribution in [1.29, 1.82) is 0 Å². The number of hydrogen-bond donors (Lipinski definition) is 0. The first-order chi connectivity index (χ1) is 30.3. The van der Waals surface area contributed by atoms with Crippen molar-refractivity contribution in [3.63, 3.8) is 0 Å². The van der Waals surface area contributed by atoms with Crippen molar-refractivity contribution >= 4 is 76.3 Å². The van der Waals surface area contributed by atoms with Gasteiger partial charge in [-0.25, -0.2) is 9.97 Å². The molecule has 4 aromatic heterocycles. The van der Waals surface area contributed by atoms with Crippen LogP contribution in [0.1, 0.15) is 0 Å². The van der Waals surface area contributed by atoms with Gasteiger partial charge in [-0.05, 0) is 58.6 Å². The van der Waals surface area contributed by atoms with Crippen LogP contribution in [0.25, 0.3) is 122 Å². The standard InChI is InChI=1S/C54H32N6O/c1-3-16-34(17-4-1)51-56-52(43-24-13-25-44-50(43)61-53(55-44)35-18-5-2-6-19-35)58-54(57-51)60-47-27-12-10-22-39(47)42-32-31-41-38-21-9-11-26-45(38)59(48(41)49(42)60)46-28-14-23-37-36-20-8-7-15-33(36)29-30-40(37)46/h1-32H. The van der Waals surface area contributed by atoms with E-state index in [-0.39, 0.29) is 0 Å². The third kappa shape index (κ3) is 5.04. The molecule has 13 rings (SSSR count). The monoisotopic (exact) mass is 780 g/mol. The third-order valence-electron chi connectivity index (χ3n) is 12.0. The number of fused-ring (bicyclic) bond motifs is 11. The van der Waals surface area contributed by atoms with Gasteiger partial charge in [0.05, 0.1) is 33.3 Å². The van der Waals surface area contributed by atoms with Gasteiger partial charge in [0.2, 0.25) is 11.8 Å². The van der Waals surface area contributed by atoms with Crippen molar-refractivity contribution in [3.8, 4) is 45.9 Å². The molecule has 0 amide bonds. The number of para-hydroxylation sites is 3. The van der Waals surface area contributed by atoms with E-state index in [4.69, 9.17) is 24.4 Å². The quantitative estimate of drug-likeness (QED) is 0.163. The summed E-state index contributed by atoms with van der Waals surface area (Å²) < 4.78 is 11.2. The highest BCUT2D eigenvalue weighted by Crippen LogP contribution is 2.43. The van der Waals surface area contributed by atoms with E-state index in [1.807, 2.05) is 78.9 Å². The number of nitrogens with zero attached hydrogens (tertiary/aromatic N) is 6. The Morgan fingerprint density at radius 1 is 0.361 bits per heavy atom. The summed E-state index contributed by atoms with van der Waals surface area (Å²) in [5.74, 6) is 2.09. The molecular weight excluding hydrogens is 749 g/mol. The molecule has 0 saturated heterocycles. The fourth-order valence-corrected chi connectivity index (χ4v) is 9.31. The molecule has 0 radical (unpaired) electrons. The van der Waals surface area contributed by atoms with Crippen LogP contribution in [0, 0.1) is 0 Å². The second-order valence-corrected chi connectivity index (χ2v) is 15.4. The zero-order valence-electron chi connectivity index (χ0n) is 32.6. The smallest absolute Gasteiger partial charge is 0.238 e. The van der Waals surface area contributed by atoms with Gasteiger partial charge in [-0.2, -0.15) is 9.97 Å². The average molecular weight is 781 g/mol. The number of aromatic nitrogens is 6. The van der Waals surface area contributed by atoms with E-state index >= 15 is 0 Å². The van der Waals surface area contributed by atoms with Gasteiger partial charge in [-0.3, -0.25) is 4.57 Å². The van der Waals surface area contributed by atoms with Gasteiger partial charge < -0.3 is 8.98 Å². The summed E-state index contributed by atoms with van der Waals surface area (Å²) in [4.78, 5) is 20.8. The summed E-state index contributed by atoms with van der Waals surface area (Å²) in [6.07, 6.45) is 0. The third-order valence-corrected chi connectivity index (χ3v) is 12.0. The van der Waals surface area contributed by atoms with Crippen LogP contribution in [0.4, 0.5) is 0 Å². The Hall–Kier alpha value is -8.42. The minimum atomic E-state index is 0.491. The van der Waals surface area contributed by atoms with E-state index in [9.17, 15) is 0 Å². The molecule has 0 atom stereocenters. The van der Waals surface area contributed by atoms with E-state index in [0.29, 0.717) is 29.1 Å². The van der Waals surface area contributed by atoms with Gasteiger partial charge in [0, 0.05) is 38.1 Å². The number of benzene rings is 9. The lowest BCUT2D eigenvalue weighted by Gasteiger charge is -2.15. The highest BCUT2D eigenvalue weighted by atomic mass is 16.3. The number of hydrogen-bond acceptors (Lipinski definition) is 5. The molecule has 0 bridgehead atoms. The van der Waals surface area contributed by atoms with E-state index in [2.05, 4.69) is 124 Å². The Bertz CT molecular complexity index is 3880. The van der Waals surface area contributed by atoms with Gasteiger partial charge in [0.25, 0.3) is 0 Å². The fraction of sp³-hybridized carbons (Fsp3) is 0. The Balaban J connectivity index is 1.16. The summed E-state index contributed by atoms with van der Waals surface area (Å²) in [6, 6.07) is 67.6. The molecule has 7 nitrogen and oxygen atoms in total. The van der Waals surface area contributed by atoms with Gasteiger partial charge in [0.15, 0.2) is 17.2 Å². The summed E-state index contributed by atoms with van der Waals surface area (Å²) in [7, 11) is 0. The van der Waals surface area contributed by atoms with Crippen LogP contribution in [0.3, 0.4) is 0 Å². The van der Waals surface area contributed by atoms with E-state index < -0.39 is 0 Å². The molecule has 7 heteroatoms. The molecule has 0 aliphatic heterocycles. The van der Waals surface area contributed by atoms with Crippen LogP contribution in [0.2, 0.25) is 0 Å². The highest BCUT2D eigenvalue weighted by Gasteiger charge is 2.25. The van der Waals surface area contributed by atoms with E-state index in [0.717, 1.165) is 66.1 Å². The minimum Gasteiger partial charge on any atom is -0.435 e. The Labute approximate surface area is 348 Å². The van der Waals surface area contributed by atoms with Crippen molar-refractivity contribution in [2.75, 3.05) is 0 Å². The van der Waals surface area contributed by atoms with Gasteiger partial charge in [-0.15, -0.1) is 0 Å². The first kappa shape index (κ1) is 33.5. The second kappa shape index (κ2) is 13.0. The molecule has 0 aliphatic carbocycles. The first-order valence-corrected chi connectivity index (χ1v) is 20.4. The summed E-state index contributed by atoms with van der Waals surface area (Å²) in [5, 5.41) is 9.34. The second-order valence-electron chi connectivity index (χ2n) is 15.4. The van der Waals surface area contributed by atoms with Crippen LogP contribution in [0.15, 0.2) is 199 Å². The maximum Gasteiger partial charge on any atom is 0.238 e. The predicted molar refractivity (Wildman–Crippen MR) is 247 cm³/mol. The summed E-state index contributed by atoms with van der Waals surface area (Å²) in [5.41, 5.74) is 9.15. The molecule has 0 aliphatic rings. The Morgan fingerprint density at radius 2 is 0.951 bits per heavy atom. The Kier molecular flexibility index (Phi) is 7.17. The van der Waals surface area contributed by atoms with Crippen LogP contribution < -0.4 is 0 Å². The fourth-order valence-electron chi connectivity index (χ4n) is 9.31. The van der Waals surface area contributed by atoms with Crippen LogP contribution >= 0.6 is 0 Å². The lowest BCUT2D eigenvalue weighted by atomic mass is 10.0. The maximum atomic E-state index is 6.55. The number of rotatable bonds is 5. The first-order valence-electron chi connectivity index (χ1n) is 20.4. The molecule has 284 valence electrons. The van der Waals surface area contributed by atoms with Crippen LogP contribution in [-0.2, 0) is 0 Å². The zero-order valence-corrected chi connectivity index (χ0v) is 32.6. The molecule has 13 aromatic rings. The van der Waals surface area contributed by atoms with Gasteiger partial charge in [0.1, 0.15) is 5.52 Å². The van der Waals surface area contributed by atoms with Crippen molar-refractivity contribution in [3.05, 3.63) is 194 Å². The van der Waals surface area contributed by atoms with E-state index in [1.54, 1.807) is 0 Å². The largest absolute Gasteiger partial charge is 0.435 e. The molecule has 61 heavy (non-hydrogen) atoms. The minimum absolute atomic E-state index is 0.491. The maximum absolute atomic E-state index is 6.55.